The molecule has 0 aliphatic rings. The highest BCUT2D eigenvalue weighted by atomic mass is 19.1. The average molecular weight is 219 g/mol. The van der Waals surface area contributed by atoms with Crippen LogP contribution in [0.2, 0.25) is 0 Å². The normalized spacial score (nSPS) is 12.1. The molecule has 16 heavy (non-hydrogen) atoms. The third-order valence-electron chi connectivity index (χ3n) is 2.49. The Hall–Kier alpha value is -1.33. The molecule has 0 heterocycles. The molecule has 1 nitrogen and oxygen atoms in total. The van der Waals surface area contributed by atoms with Crippen molar-refractivity contribution >= 4 is 0 Å². The van der Waals surface area contributed by atoms with Crippen LogP contribution >= 0.6 is 0 Å². The molecule has 1 unspecified atom stereocenters. The van der Waals surface area contributed by atoms with E-state index >= 15 is 0 Å². The SMILES string of the molecule is C#CCCC(NCC)c1cc(C)cc(F)c1. The molecule has 0 aliphatic heterocycles. The van der Waals surface area contributed by atoms with Crippen LogP contribution in [0.1, 0.15) is 36.9 Å². The van der Waals surface area contributed by atoms with Crippen LogP contribution in [0, 0.1) is 25.1 Å². The minimum Gasteiger partial charge on any atom is -0.310 e. The molecular weight excluding hydrogens is 201 g/mol. The number of benzene rings is 1. The van der Waals surface area contributed by atoms with Crippen molar-refractivity contribution in [3.63, 3.8) is 0 Å². The van der Waals surface area contributed by atoms with E-state index in [1.54, 1.807) is 6.07 Å². The maximum absolute atomic E-state index is 13.3. The fraction of sp³-hybridized carbons (Fsp3) is 0.429. The summed E-state index contributed by atoms with van der Waals surface area (Å²) in [5.74, 6) is 2.44. The lowest BCUT2D eigenvalue weighted by Gasteiger charge is -2.17. The number of terminal acetylenes is 1. The summed E-state index contributed by atoms with van der Waals surface area (Å²) in [7, 11) is 0. The minimum atomic E-state index is -0.182. The first-order valence-corrected chi connectivity index (χ1v) is 5.61. The molecule has 1 atom stereocenters. The predicted octanol–water partition coefficient (Wildman–Crippen LogP) is 3.20. The average Bonchev–Trinajstić information content (AvgIpc) is 2.22. The van der Waals surface area contributed by atoms with Gasteiger partial charge in [-0.3, -0.25) is 0 Å². The Labute approximate surface area is 97.1 Å². The second kappa shape index (κ2) is 6.30. The van der Waals surface area contributed by atoms with Gasteiger partial charge in [0.2, 0.25) is 0 Å². The second-order valence-corrected chi connectivity index (χ2v) is 3.91. The molecule has 0 amide bonds. The van der Waals surface area contributed by atoms with Crippen LogP contribution in [0.25, 0.3) is 0 Å². The molecule has 1 N–H and O–H groups in total. The van der Waals surface area contributed by atoms with E-state index in [2.05, 4.69) is 11.2 Å². The van der Waals surface area contributed by atoms with Crippen LogP contribution in [-0.4, -0.2) is 6.54 Å². The van der Waals surface area contributed by atoms with Crippen LogP contribution in [0.4, 0.5) is 4.39 Å². The number of rotatable bonds is 5. The van der Waals surface area contributed by atoms with E-state index in [1.807, 2.05) is 19.9 Å². The maximum Gasteiger partial charge on any atom is 0.123 e. The predicted molar refractivity (Wildman–Crippen MR) is 65.6 cm³/mol. The molecule has 0 saturated heterocycles. The van der Waals surface area contributed by atoms with E-state index in [9.17, 15) is 4.39 Å². The van der Waals surface area contributed by atoms with Crippen molar-refractivity contribution in [2.24, 2.45) is 0 Å². The van der Waals surface area contributed by atoms with E-state index in [-0.39, 0.29) is 11.9 Å². The van der Waals surface area contributed by atoms with Gasteiger partial charge in [0.15, 0.2) is 0 Å². The van der Waals surface area contributed by atoms with E-state index in [4.69, 9.17) is 6.42 Å². The van der Waals surface area contributed by atoms with Crippen molar-refractivity contribution in [2.75, 3.05) is 6.54 Å². The maximum atomic E-state index is 13.3. The van der Waals surface area contributed by atoms with Crippen molar-refractivity contribution in [3.05, 3.63) is 35.1 Å². The summed E-state index contributed by atoms with van der Waals surface area (Å²) in [6.45, 7) is 4.79. The zero-order chi connectivity index (χ0) is 12.0. The molecule has 1 aromatic rings. The van der Waals surface area contributed by atoms with Crippen LogP contribution < -0.4 is 5.32 Å². The number of aryl methyl sites for hydroxylation is 1. The van der Waals surface area contributed by atoms with Crippen molar-refractivity contribution in [1.29, 1.82) is 0 Å². The van der Waals surface area contributed by atoms with Gasteiger partial charge < -0.3 is 5.32 Å². The largest absolute Gasteiger partial charge is 0.310 e. The van der Waals surface area contributed by atoms with Gasteiger partial charge in [-0.25, -0.2) is 4.39 Å². The van der Waals surface area contributed by atoms with Gasteiger partial charge in [-0.2, -0.15) is 0 Å². The number of nitrogens with one attached hydrogen (secondary N) is 1. The van der Waals surface area contributed by atoms with Gasteiger partial charge in [0.05, 0.1) is 0 Å². The molecule has 0 aliphatic carbocycles. The Kier molecular flexibility index (Phi) is 5.01. The summed E-state index contributed by atoms with van der Waals surface area (Å²) in [5.41, 5.74) is 1.92. The lowest BCUT2D eigenvalue weighted by atomic mass is 10.00. The smallest absolute Gasteiger partial charge is 0.123 e. The fourth-order valence-corrected chi connectivity index (χ4v) is 1.83. The van der Waals surface area contributed by atoms with Gasteiger partial charge in [0.25, 0.3) is 0 Å². The number of hydrogen-bond acceptors (Lipinski definition) is 1. The molecule has 0 bridgehead atoms. The van der Waals surface area contributed by atoms with Gasteiger partial charge in [-0.15, -0.1) is 12.3 Å². The van der Waals surface area contributed by atoms with Crippen LogP contribution in [0.15, 0.2) is 18.2 Å². The zero-order valence-corrected chi connectivity index (χ0v) is 9.89. The van der Waals surface area contributed by atoms with Crippen molar-refractivity contribution in [3.8, 4) is 12.3 Å². The quantitative estimate of drug-likeness (QED) is 0.750. The van der Waals surface area contributed by atoms with Crippen molar-refractivity contribution in [1.82, 2.24) is 5.32 Å². The molecular formula is C14H18FN. The molecule has 0 spiro atoms. The fourth-order valence-electron chi connectivity index (χ4n) is 1.83. The summed E-state index contributed by atoms with van der Waals surface area (Å²) in [6, 6.07) is 5.27. The highest BCUT2D eigenvalue weighted by Gasteiger charge is 2.10. The Balaban J connectivity index is 2.87. The highest BCUT2D eigenvalue weighted by Crippen LogP contribution is 2.20. The van der Waals surface area contributed by atoms with Crippen LogP contribution in [0.3, 0.4) is 0 Å². The molecule has 0 saturated carbocycles. The van der Waals surface area contributed by atoms with Crippen LogP contribution in [0.5, 0.6) is 0 Å². The first-order chi connectivity index (χ1) is 7.67. The van der Waals surface area contributed by atoms with Crippen LogP contribution in [-0.2, 0) is 0 Å². The summed E-state index contributed by atoms with van der Waals surface area (Å²) < 4.78 is 13.3. The third-order valence-corrected chi connectivity index (χ3v) is 2.49. The number of halogens is 1. The molecule has 1 aromatic carbocycles. The van der Waals surface area contributed by atoms with Gasteiger partial charge >= 0.3 is 0 Å². The Morgan fingerprint density at radius 1 is 1.44 bits per heavy atom. The summed E-state index contributed by atoms with van der Waals surface area (Å²) >= 11 is 0. The van der Waals surface area contributed by atoms with E-state index in [0.29, 0.717) is 6.42 Å². The summed E-state index contributed by atoms with van der Waals surface area (Å²) in [6.07, 6.45) is 6.80. The monoisotopic (exact) mass is 219 g/mol. The standard InChI is InChI=1S/C14H18FN/c1-4-6-7-14(16-5-2)12-8-11(3)9-13(15)10-12/h1,8-10,14,16H,5-7H2,2-3H3. The van der Waals surface area contributed by atoms with E-state index in [0.717, 1.165) is 24.1 Å². The minimum absolute atomic E-state index is 0.149. The van der Waals surface area contributed by atoms with Crippen molar-refractivity contribution < 1.29 is 4.39 Å². The first kappa shape index (κ1) is 12.7. The first-order valence-electron chi connectivity index (χ1n) is 5.61. The van der Waals surface area contributed by atoms with Gasteiger partial charge in [0, 0.05) is 12.5 Å². The van der Waals surface area contributed by atoms with Gasteiger partial charge in [0.1, 0.15) is 5.82 Å². The molecule has 2 heteroatoms. The number of hydrogen-bond donors (Lipinski definition) is 1. The third kappa shape index (κ3) is 3.67. The van der Waals surface area contributed by atoms with Gasteiger partial charge in [-0.1, -0.05) is 13.0 Å². The molecule has 0 radical (unpaired) electrons. The Bertz CT molecular complexity index is 359. The molecule has 0 aromatic heterocycles. The van der Waals surface area contributed by atoms with E-state index in [1.165, 1.54) is 6.07 Å². The zero-order valence-electron chi connectivity index (χ0n) is 9.89. The van der Waals surface area contributed by atoms with E-state index < -0.39 is 0 Å². The van der Waals surface area contributed by atoms with Crippen molar-refractivity contribution in [2.45, 2.75) is 32.7 Å². The highest BCUT2D eigenvalue weighted by molar-refractivity contribution is 5.26. The summed E-state index contributed by atoms with van der Waals surface area (Å²) in [4.78, 5) is 0. The Morgan fingerprint density at radius 2 is 2.19 bits per heavy atom. The van der Waals surface area contributed by atoms with Gasteiger partial charge in [-0.05, 0) is 43.1 Å². The lowest BCUT2D eigenvalue weighted by molar-refractivity contribution is 0.517. The lowest BCUT2D eigenvalue weighted by Crippen LogP contribution is -2.21. The topological polar surface area (TPSA) is 12.0 Å². The molecule has 0 fully saturated rings. The second-order valence-electron chi connectivity index (χ2n) is 3.91. The molecule has 86 valence electrons. The Morgan fingerprint density at radius 3 is 2.75 bits per heavy atom. The molecule has 1 rings (SSSR count). The summed E-state index contributed by atoms with van der Waals surface area (Å²) in [5, 5.41) is 3.33.